The van der Waals surface area contributed by atoms with Crippen molar-refractivity contribution in [1.82, 2.24) is 9.91 Å². The summed E-state index contributed by atoms with van der Waals surface area (Å²) >= 11 is 0. The Kier molecular flexibility index (Phi) is 8.13. The zero-order valence-corrected chi connectivity index (χ0v) is 21.0. The number of rotatable bonds is 9. The van der Waals surface area contributed by atoms with Crippen molar-refractivity contribution in [1.29, 1.82) is 0 Å². The molecule has 3 aromatic rings. The van der Waals surface area contributed by atoms with E-state index in [-0.39, 0.29) is 30.9 Å². The molecular weight excluding hydrogens is 452 g/mol. The minimum absolute atomic E-state index is 0.0705. The van der Waals surface area contributed by atoms with Crippen molar-refractivity contribution in [3.63, 3.8) is 0 Å². The van der Waals surface area contributed by atoms with Gasteiger partial charge in [-0.1, -0.05) is 67.6 Å². The molecule has 36 heavy (non-hydrogen) atoms. The molecule has 2 amide bonds. The van der Waals surface area contributed by atoms with Crippen LogP contribution in [0.15, 0.2) is 84.0 Å². The first-order valence-electron chi connectivity index (χ1n) is 12.1. The summed E-state index contributed by atoms with van der Waals surface area (Å²) in [6.07, 6.45) is 1.44. The first kappa shape index (κ1) is 25.1. The number of aryl methyl sites for hydroxylation is 1. The average Bonchev–Trinajstić information content (AvgIpc) is 3.35. The van der Waals surface area contributed by atoms with Gasteiger partial charge in [-0.2, -0.15) is 5.10 Å². The van der Waals surface area contributed by atoms with Gasteiger partial charge < -0.3 is 10.1 Å². The number of hydrogen-bond donors (Lipinski definition) is 1. The van der Waals surface area contributed by atoms with Crippen LogP contribution in [0.4, 0.5) is 5.69 Å². The fourth-order valence-corrected chi connectivity index (χ4v) is 4.38. The van der Waals surface area contributed by atoms with E-state index in [2.05, 4.69) is 12.2 Å². The molecule has 3 aromatic carbocycles. The summed E-state index contributed by atoms with van der Waals surface area (Å²) in [6.45, 7) is 2.22. The molecule has 0 spiro atoms. The van der Waals surface area contributed by atoms with Crippen LogP contribution in [0.3, 0.4) is 0 Å². The van der Waals surface area contributed by atoms with Crippen molar-refractivity contribution in [2.24, 2.45) is 5.10 Å². The van der Waals surface area contributed by atoms with E-state index < -0.39 is 0 Å². The number of methoxy groups -OCH3 is 1. The number of nitrogens with one attached hydrogen (secondary N) is 1. The lowest BCUT2D eigenvalue weighted by molar-refractivity contribution is -0.134. The molecule has 1 atom stereocenters. The highest BCUT2D eigenvalue weighted by molar-refractivity contribution is 6.03. The van der Waals surface area contributed by atoms with E-state index in [1.807, 2.05) is 78.9 Å². The lowest BCUT2D eigenvalue weighted by atomic mass is 9.98. The van der Waals surface area contributed by atoms with Gasteiger partial charge >= 0.3 is 0 Å². The number of hydrogen-bond acceptors (Lipinski definition) is 5. The van der Waals surface area contributed by atoms with Crippen LogP contribution in [0.5, 0.6) is 5.75 Å². The molecule has 1 heterocycles. The van der Waals surface area contributed by atoms with Crippen molar-refractivity contribution >= 4 is 23.2 Å². The molecule has 0 fully saturated rings. The van der Waals surface area contributed by atoms with Crippen molar-refractivity contribution < 1.29 is 14.3 Å². The van der Waals surface area contributed by atoms with E-state index in [0.29, 0.717) is 6.42 Å². The lowest BCUT2D eigenvalue weighted by Gasteiger charge is -2.25. The van der Waals surface area contributed by atoms with Gasteiger partial charge in [0, 0.05) is 12.1 Å². The van der Waals surface area contributed by atoms with E-state index in [9.17, 15) is 9.59 Å². The van der Waals surface area contributed by atoms with Gasteiger partial charge in [-0.3, -0.25) is 14.5 Å². The molecule has 0 aromatic heterocycles. The summed E-state index contributed by atoms with van der Waals surface area (Å²) in [5.41, 5.74) is 4.72. The molecule has 186 valence electrons. The quantitative estimate of drug-likeness (QED) is 0.485. The van der Waals surface area contributed by atoms with E-state index in [4.69, 9.17) is 9.84 Å². The predicted octanol–water partition coefficient (Wildman–Crippen LogP) is 4.51. The van der Waals surface area contributed by atoms with Crippen LogP contribution in [0.25, 0.3) is 0 Å². The first-order valence-corrected chi connectivity index (χ1v) is 12.1. The Morgan fingerprint density at radius 2 is 1.69 bits per heavy atom. The molecule has 1 unspecified atom stereocenters. The summed E-state index contributed by atoms with van der Waals surface area (Å²) in [6, 6.07) is 25.1. The Bertz CT molecular complexity index is 1220. The van der Waals surface area contributed by atoms with E-state index in [0.717, 1.165) is 40.3 Å². The van der Waals surface area contributed by atoms with Crippen LogP contribution >= 0.6 is 0 Å². The monoisotopic (exact) mass is 484 g/mol. The maximum Gasteiger partial charge on any atom is 0.257 e. The third kappa shape index (κ3) is 5.98. The van der Waals surface area contributed by atoms with Gasteiger partial charge in [0.1, 0.15) is 5.75 Å². The van der Waals surface area contributed by atoms with Crippen molar-refractivity contribution in [2.75, 3.05) is 32.6 Å². The van der Waals surface area contributed by atoms with Gasteiger partial charge in [-0.25, -0.2) is 5.01 Å². The molecule has 4 rings (SSSR count). The van der Waals surface area contributed by atoms with Gasteiger partial charge in [-0.05, 0) is 48.4 Å². The highest BCUT2D eigenvalue weighted by Crippen LogP contribution is 2.33. The van der Waals surface area contributed by atoms with Crippen LogP contribution in [0.1, 0.15) is 36.1 Å². The number of nitrogens with zero attached hydrogens (tertiary/aromatic N) is 3. The topological polar surface area (TPSA) is 74.2 Å². The zero-order chi connectivity index (χ0) is 25.5. The summed E-state index contributed by atoms with van der Waals surface area (Å²) in [5, 5.41) is 9.25. The second kappa shape index (κ2) is 11.6. The number of carbonyl (C=O) groups excluding carboxylic acids is 2. The van der Waals surface area contributed by atoms with Crippen molar-refractivity contribution in [3.05, 3.63) is 95.6 Å². The number of benzene rings is 3. The van der Waals surface area contributed by atoms with Crippen molar-refractivity contribution in [3.8, 4) is 5.75 Å². The normalized spacial score (nSPS) is 15.1. The number of anilines is 1. The summed E-state index contributed by atoms with van der Waals surface area (Å²) < 4.78 is 5.29. The van der Waals surface area contributed by atoms with Gasteiger partial charge in [-0.15, -0.1) is 0 Å². The number of likely N-dealkylation sites (N-methyl/N-ethyl adjacent to an activating group) is 1. The molecule has 7 heteroatoms. The number of carbonyl (C=O) groups is 2. The molecule has 0 aliphatic carbocycles. The van der Waals surface area contributed by atoms with E-state index >= 15 is 0 Å². The molecule has 0 saturated carbocycles. The molecule has 0 radical (unpaired) electrons. The van der Waals surface area contributed by atoms with Crippen LogP contribution in [-0.4, -0.2) is 54.7 Å². The molecular formula is C29H32N4O3. The molecule has 0 bridgehead atoms. The summed E-state index contributed by atoms with van der Waals surface area (Å²) in [5.74, 6) is 0.438. The second-order valence-electron chi connectivity index (χ2n) is 8.88. The Morgan fingerprint density at radius 1 is 1.00 bits per heavy atom. The third-order valence-corrected chi connectivity index (χ3v) is 6.26. The van der Waals surface area contributed by atoms with Crippen LogP contribution < -0.4 is 10.1 Å². The fourth-order valence-electron chi connectivity index (χ4n) is 4.38. The lowest BCUT2D eigenvalue weighted by Crippen LogP contribution is -2.39. The van der Waals surface area contributed by atoms with Crippen LogP contribution in [0, 0.1) is 0 Å². The molecule has 7 nitrogen and oxygen atoms in total. The Balaban J connectivity index is 1.46. The largest absolute Gasteiger partial charge is 0.497 e. The summed E-state index contributed by atoms with van der Waals surface area (Å²) in [7, 11) is 3.40. The maximum absolute atomic E-state index is 13.4. The molecule has 1 aliphatic rings. The first-order chi connectivity index (χ1) is 17.5. The Labute approximate surface area is 212 Å². The second-order valence-corrected chi connectivity index (χ2v) is 8.88. The van der Waals surface area contributed by atoms with E-state index in [1.165, 1.54) is 0 Å². The summed E-state index contributed by atoms with van der Waals surface area (Å²) in [4.78, 5) is 27.8. The average molecular weight is 485 g/mol. The highest BCUT2D eigenvalue weighted by atomic mass is 16.5. The van der Waals surface area contributed by atoms with Crippen molar-refractivity contribution in [2.45, 2.75) is 25.8 Å². The van der Waals surface area contributed by atoms with E-state index in [1.54, 1.807) is 24.1 Å². The standard InChI is InChI=1S/C29H32N4O3/c1-4-21-10-8-9-13-25(21)30-28(34)19-32(2)20-29(35)33-27(23-14-16-24(36-3)17-15-23)18-26(31-33)22-11-6-5-7-12-22/h5-17,27H,4,18-20H2,1-3H3,(H,30,34). The maximum atomic E-state index is 13.4. The minimum atomic E-state index is -0.225. The van der Waals surface area contributed by atoms with Crippen LogP contribution in [0.2, 0.25) is 0 Å². The highest BCUT2D eigenvalue weighted by Gasteiger charge is 2.33. The number of ether oxygens (including phenoxy) is 1. The van der Waals surface area contributed by atoms with Gasteiger partial charge in [0.15, 0.2) is 0 Å². The molecule has 1 aliphatic heterocycles. The smallest absolute Gasteiger partial charge is 0.257 e. The third-order valence-electron chi connectivity index (χ3n) is 6.26. The number of amides is 2. The molecule has 1 N–H and O–H groups in total. The SMILES string of the molecule is CCc1ccccc1NC(=O)CN(C)CC(=O)N1N=C(c2ccccc2)CC1c1ccc(OC)cc1. The minimum Gasteiger partial charge on any atom is -0.497 e. The van der Waals surface area contributed by atoms with Gasteiger partial charge in [0.25, 0.3) is 5.91 Å². The fraction of sp³-hybridized carbons (Fsp3) is 0.276. The zero-order valence-electron chi connectivity index (χ0n) is 21.0. The predicted molar refractivity (Wildman–Crippen MR) is 142 cm³/mol. The number of para-hydroxylation sites is 1. The Morgan fingerprint density at radius 3 is 2.39 bits per heavy atom. The Hall–Kier alpha value is -3.97. The molecule has 0 saturated heterocycles. The van der Waals surface area contributed by atoms with Gasteiger partial charge in [0.05, 0.1) is 32.0 Å². The number of hydrazone groups is 1. The van der Waals surface area contributed by atoms with Crippen LogP contribution in [-0.2, 0) is 16.0 Å². The van der Waals surface area contributed by atoms with Gasteiger partial charge in [0.2, 0.25) is 5.91 Å².